The molecular formula is C13H23F3IN3. The number of rotatable bonds is 5. The molecule has 0 aromatic heterocycles. The molecule has 0 saturated carbocycles. The first kappa shape index (κ1) is 19.5. The third-order valence-electron chi connectivity index (χ3n) is 3.05. The Morgan fingerprint density at radius 1 is 1.25 bits per heavy atom. The van der Waals surface area contributed by atoms with Crippen molar-refractivity contribution in [2.24, 2.45) is 4.99 Å². The molecule has 0 radical (unpaired) electrons. The van der Waals surface area contributed by atoms with Crippen LogP contribution < -0.4 is 10.6 Å². The lowest BCUT2D eigenvalue weighted by atomic mass is 9.97. The van der Waals surface area contributed by atoms with Gasteiger partial charge in [0.15, 0.2) is 5.96 Å². The van der Waals surface area contributed by atoms with Gasteiger partial charge in [-0.1, -0.05) is 11.6 Å². The van der Waals surface area contributed by atoms with Crippen LogP contribution in [0.2, 0.25) is 0 Å². The van der Waals surface area contributed by atoms with Crippen LogP contribution in [0.25, 0.3) is 0 Å². The summed E-state index contributed by atoms with van der Waals surface area (Å²) in [5.41, 5.74) is 1.43. The third kappa shape index (κ3) is 9.44. The molecule has 7 heteroatoms. The molecule has 1 rings (SSSR count). The van der Waals surface area contributed by atoms with Crippen LogP contribution in [0, 0.1) is 0 Å². The second-order valence-electron chi connectivity index (χ2n) is 4.65. The molecule has 0 saturated heterocycles. The first-order valence-electron chi connectivity index (χ1n) is 6.70. The summed E-state index contributed by atoms with van der Waals surface area (Å²) in [7, 11) is 1.56. The van der Waals surface area contributed by atoms with Crippen molar-refractivity contribution in [3.05, 3.63) is 11.6 Å². The molecule has 0 aliphatic heterocycles. The van der Waals surface area contributed by atoms with E-state index in [0.29, 0.717) is 12.5 Å². The molecule has 118 valence electrons. The molecule has 20 heavy (non-hydrogen) atoms. The highest BCUT2D eigenvalue weighted by Crippen LogP contribution is 2.19. The molecule has 0 aromatic rings. The zero-order valence-corrected chi connectivity index (χ0v) is 14.1. The highest BCUT2D eigenvalue weighted by atomic mass is 127. The number of alkyl halides is 3. The molecule has 3 nitrogen and oxygen atoms in total. The molecule has 0 unspecified atom stereocenters. The minimum Gasteiger partial charge on any atom is -0.356 e. The van der Waals surface area contributed by atoms with Crippen molar-refractivity contribution in [1.29, 1.82) is 0 Å². The van der Waals surface area contributed by atoms with Crippen LogP contribution >= 0.6 is 24.0 Å². The van der Waals surface area contributed by atoms with Crippen LogP contribution in [0.5, 0.6) is 0 Å². The number of halogens is 4. The summed E-state index contributed by atoms with van der Waals surface area (Å²) in [4.78, 5) is 3.90. The molecule has 0 spiro atoms. The van der Waals surface area contributed by atoms with Crippen LogP contribution in [0.4, 0.5) is 13.2 Å². The van der Waals surface area contributed by atoms with Crippen molar-refractivity contribution < 1.29 is 13.2 Å². The Hall–Kier alpha value is -0.470. The molecule has 0 bridgehead atoms. The summed E-state index contributed by atoms with van der Waals surface area (Å²) in [5.74, 6) is 0.431. The number of guanidine groups is 1. The van der Waals surface area contributed by atoms with Gasteiger partial charge >= 0.3 is 6.18 Å². The largest absolute Gasteiger partial charge is 0.390 e. The third-order valence-corrected chi connectivity index (χ3v) is 3.05. The minimum atomic E-state index is -4.13. The highest BCUT2D eigenvalue weighted by molar-refractivity contribution is 14.0. The van der Waals surface area contributed by atoms with E-state index in [1.54, 1.807) is 7.05 Å². The van der Waals surface area contributed by atoms with Crippen molar-refractivity contribution in [2.75, 3.05) is 20.1 Å². The fourth-order valence-electron chi connectivity index (χ4n) is 2.02. The van der Waals surface area contributed by atoms with Gasteiger partial charge in [-0.05, 0) is 32.1 Å². The number of hydrogen-bond acceptors (Lipinski definition) is 1. The first-order chi connectivity index (χ1) is 9.01. The van der Waals surface area contributed by atoms with Gasteiger partial charge in [0.2, 0.25) is 0 Å². The molecule has 2 N–H and O–H groups in total. The fraction of sp³-hybridized carbons (Fsp3) is 0.769. The van der Waals surface area contributed by atoms with E-state index in [4.69, 9.17) is 0 Å². The number of nitrogens with zero attached hydrogens (tertiary/aromatic N) is 1. The van der Waals surface area contributed by atoms with Crippen molar-refractivity contribution in [1.82, 2.24) is 10.6 Å². The second-order valence-corrected chi connectivity index (χ2v) is 4.65. The summed E-state index contributed by atoms with van der Waals surface area (Å²) >= 11 is 0. The summed E-state index contributed by atoms with van der Waals surface area (Å²) in [5, 5.41) is 5.70. The quantitative estimate of drug-likeness (QED) is 0.317. The number of allylic oxidation sites excluding steroid dienone is 1. The molecule has 0 atom stereocenters. The summed E-state index contributed by atoms with van der Waals surface area (Å²) in [6.45, 7) is 0.559. The molecular weight excluding hydrogens is 382 g/mol. The van der Waals surface area contributed by atoms with E-state index in [0.717, 1.165) is 19.3 Å². The van der Waals surface area contributed by atoms with Crippen LogP contribution in [0.3, 0.4) is 0 Å². The topological polar surface area (TPSA) is 36.4 Å². The SMILES string of the molecule is CN=C(NCCC1=CCCCC1)NCCC(F)(F)F.I. The van der Waals surface area contributed by atoms with E-state index in [1.165, 1.54) is 18.4 Å². The van der Waals surface area contributed by atoms with E-state index in [1.807, 2.05) is 0 Å². The second kappa shape index (κ2) is 10.3. The van der Waals surface area contributed by atoms with Crippen molar-refractivity contribution in [3.8, 4) is 0 Å². The van der Waals surface area contributed by atoms with Crippen molar-refractivity contribution in [2.45, 2.75) is 44.7 Å². The van der Waals surface area contributed by atoms with Gasteiger partial charge in [0.05, 0.1) is 6.42 Å². The van der Waals surface area contributed by atoms with Crippen LogP contribution in [-0.2, 0) is 0 Å². The lowest BCUT2D eigenvalue weighted by Crippen LogP contribution is -2.39. The van der Waals surface area contributed by atoms with Crippen LogP contribution in [0.1, 0.15) is 38.5 Å². The Balaban J connectivity index is 0.00000361. The van der Waals surface area contributed by atoms with Crippen molar-refractivity contribution >= 4 is 29.9 Å². The number of nitrogens with one attached hydrogen (secondary N) is 2. The maximum atomic E-state index is 12.0. The average Bonchev–Trinajstić information content (AvgIpc) is 2.37. The zero-order chi connectivity index (χ0) is 14.1. The van der Waals surface area contributed by atoms with Crippen LogP contribution in [0.15, 0.2) is 16.6 Å². The predicted molar refractivity (Wildman–Crippen MR) is 86.6 cm³/mol. The Bertz CT molecular complexity index is 327. The monoisotopic (exact) mass is 405 g/mol. The average molecular weight is 405 g/mol. The van der Waals surface area contributed by atoms with Crippen LogP contribution in [-0.4, -0.2) is 32.3 Å². The molecule has 1 aliphatic rings. The lowest BCUT2D eigenvalue weighted by molar-refractivity contribution is -0.132. The van der Waals surface area contributed by atoms with Gasteiger partial charge in [0.25, 0.3) is 0 Å². The van der Waals surface area contributed by atoms with Gasteiger partial charge in [-0.25, -0.2) is 0 Å². The van der Waals surface area contributed by atoms with E-state index in [2.05, 4.69) is 21.7 Å². The van der Waals surface area contributed by atoms with E-state index in [-0.39, 0.29) is 30.5 Å². The highest BCUT2D eigenvalue weighted by Gasteiger charge is 2.26. The van der Waals surface area contributed by atoms with Crippen molar-refractivity contribution in [3.63, 3.8) is 0 Å². The molecule has 1 aliphatic carbocycles. The normalized spacial score (nSPS) is 16.2. The molecule has 0 fully saturated rings. The number of hydrogen-bond donors (Lipinski definition) is 2. The smallest absolute Gasteiger partial charge is 0.356 e. The summed E-state index contributed by atoms with van der Waals surface area (Å²) in [6.07, 6.45) is 3.01. The van der Waals surface area contributed by atoms with Gasteiger partial charge in [-0.2, -0.15) is 13.2 Å². The Kier molecular flexibility index (Phi) is 10.0. The standard InChI is InChI=1S/C13H22F3N3.HI/c1-17-12(19-10-8-13(14,15)16)18-9-7-11-5-3-2-4-6-11;/h5H,2-4,6-10H2,1H3,(H2,17,18,19);1H. The first-order valence-corrected chi connectivity index (χ1v) is 6.70. The maximum absolute atomic E-state index is 12.0. The Morgan fingerprint density at radius 3 is 2.50 bits per heavy atom. The minimum absolute atomic E-state index is 0. The number of aliphatic imine (C=N–C) groups is 1. The Labute approximate surface area is 135 Å². The maximum Gasteiger partial charge on any atom is 0.390 e. The molecule has 0 aromatic carbocycles. The van der Waals surface area contributed by atoms with Gasteiger partial charge in [0.1, 0.15) is 0 Å². The zero-order valence-electron chi connectivity index (χ0n) is 11.7. The van der Waals surface area contributed by atoms with Gasteiger partial charge in [-0.3, -0.25) is 4.99 Å². The predicted octanol–water partition coefficient (Wildman–Crippen LogP) is 3.61. The van der Waals surface area contributed by atoms with Gasteiger partial charge < -0.3 is 10.6 Å². The lowest BCUT2D eigenvalue weighted by Gasteiger charge is -2.15. The van der Waals surface area contributed by atoms with Gasteiger partial charge in [0, 0.05) is 20.1 Å². The molecule has 0 amide bonds. The summed E-state index contributed by atoms with van der Waals surface area (Å²) in [6, 6.07) is 0. The van der Waals surface area contributed by atoms with Gasteiger partial charge in [-0.15, -0.1) is 24.0 Å². The molecule has 0 heterocycles. The Morgan fingerprint density at radius 2 is 1.95 bits per heavy atom. The van der Waals surface area contributed by atoms with E-state index >= 15 is 0 Å². The summed E-state index contributed by atoms with van der Waals surface area (Å²) < 4.78 is 36.0. The van der Waals surface area contributed by atoms with E-state index in [9.17, 15) is 13.2 Å². The van der Waals surface area contributed by atoms with E-state index < -0.39 is 12.6 Å². The fourth-order valence-corrected chi connectivity index (χ4v) is 2.02.